The van der Waals surface area contributed by atoms with Crippen molar-refractivity contribution in [2.75, 3.05) is 7.11 Å². The van der Waals surface area contributed by atoms with Gasteiger partial charge in [-0.15, -0.1) is 0 Å². The minimum absolute atomic E-state index is 0.245. The van der Waals surface area contributed by atoms with Gasteiger partial charge in [-0.2, -0.15) is 5.10 Å². The summed E-state index contributed by atoms with van der Waals surface area (Å²) >= 11 is 0. The van der Waals surface area contributed by atoms with E-state index in [1.54, 1.807) is 43.8 Å². The molecule has 0 bridgehead atoms. The van der Waals surface area contributed by atoms with Crippen LogP contribution in [0.4, 0.5) is 4.39 Å². The van der Waals surface area contributed by atoms with Crippen molar-refractivity contribution in [3.63, 3.8) is 0 Å². The van der Waals surface area contributed by atoms with E-state index in [1.165, 1.54) is 16.6 Å². The highest BCUT2D eigenvalue weighted by molar-refractivity contribution is 5.82. The van der Waals surface area contributed by atoms with Crippen LogP contribution in [0, 0.1) is 5.82 Å². The minimum Gasteiger partial charge on any atom is -0.504 e. The SMILES string of the molecule is COc1cccnc1-c1nc(-c2cccc(F)c2O)n2ncccc12. The zero-order valence-electron chi connectivity index (χ0n) is 13.2. The second-order valence-electron chi connectivity index (χ2n) is 5.29. The van der Waals surface area contributed by atoms with Crippen LogP contribution in [0.25, 0.3) is 28.3 Å². The van der Waals surface area contributed by atoms with Crippen molar-refractivity contribution in [1.29, 1.82) is 0 Å². The van der Waals surface area contributed by atoms with Gasteiger partial charge in [-0.05, 0) is 36.4 Å². The number of pyridine rings is 1. The zero-order chi connectivity index (χ0) is 17.4. The topological polar surface area (TPSA) is 72.5 Å². The van der Waals surface area contributed by atoms with Gasteiger partial charge in [-0.25, -0.2) is 13.9 Å². The maximum atomic E-state index is 13.8. The van der Waals surface area contributed by atoms with Gasteiger partial charge < -0.3 is 9.84 Å². The van der Waals surface area contributed by atoms with Gasteiger partial charge in [0.15, 0.2) is 17.4 Å². The molecule has 0 amide bonds. The van der Waals surface area contributed by atoms with Crippen LogP contribution in [0.1, 0.15) is 0 Å². The van der Waals surface area contributed by atoms with Crippen LogP contribution in [0.3, 0.4) is 0 Å². The number of fused-ring (bicyclic) bond motifs is 1. The Labute approximate surface area is 142 Å². The second kappa shape index (κ2) is 5.86. The predicted molar refractivity (Wildman–Crippen MR) is 89.8 cm³/mol. The number of phenolic OH excluding ortho intramolecular Hbond substituents is 1. The standard InChI is InChI=1S/C18H13FN4O2/c1-25-14-8-4-9-20-16(14)15-13-7-3-10-21-23(13)18(22-15)11-5-2-6-12(19)17(11)24/h2-10,24H,1H3. The number of hydrogen-bond acceptors (Lipinski definition) is 5. The maximum Gasteiger partial charge on any atom is 0.165 e. The molecule has 0 atom stereocenters. The average molecular weight is 336 g/mol. The summed E-state index contributed by atoms with van der Waals surface area (Å²) in [6.45, 7) is 0. The molecule has 0 fully saturated rings. The molecular formula is C18H13FN4O2. The number of para-hydroxylation sites is 1. The van der Waals surface area contributed by atoms with E-state index in [0.717, 1.165) is 0 Å². The summed E-state index contributed by atoms with van der Waals surface area (Å²) in [5.74, 6) is -0.321. The highest BCUT2D eigenvalue weighted by atomic mass is 19.1. The number of hydrogen-bond donors (Lipinski definition) is 1. The monoisotopic (exact) mass is 336 g/mol. The summed E-state index contributed by atoms with van der Waals surface area (Å²) in [6, 6.07) is 11.4. The van der Waals surface area contributed by atoms with E-state index < -0.39 is 11.6 Å². The zero-order valence-corrected chi connectivity index (χ0v) is 13.2. The summed E-state index contributed by atoms with van der Waals surface area (Å²) in [4.78, 5) is 8.92. The molecule has 3 heterocycles. The Morgan fingerprint density at radius 3 is 2.72 bits per heavy atom. The first-order chi connectivity index (χ1) is 12.2. The number of imidazole rings is 1. The molecule has 0 aliphatic carbocycles. The number of benzene rings is 1. The van der Waals surface area contributed by atoms with E-state index in [1.807, 2.05) is 6.07 Å². The number of methoxy groups -OCH3 is 1. The fourth-order valence-corrected chi connectivity index (χ4v) is 2.71. The fourth-order valence-electron chi connectivity index (χ4n) is 2.71. The number of aromatic nitrogens is 4. The van der Waals surface area contributed by atoms with Gasteiger partial charge in [-0.3, -0.25) is 4.98 Å². The summed E-state index contributed by atoms with van der Waals surface area (Å²) in [5.41, 5.74) is 1.98. The molecular weight excluding hydrogens is 323 g/mol. The Kier molecular flexibility index (Phi) is 3.53. The molecule has 0 spiro atoms. The highest BCUT2D eigenvalue weighted by Crippen LogP contribution is 2.36. The largest absolute Gasteiger partial charge is 0.504 e. The van der Waals surface area contributed by atoms with Crippen LogP contribution < -0.4 is 4.74 Å². The molecule has 25 heavy (non-hydrogen) atoms. The van der Waals surface area contributed by atoms with E-state index >= 15 is 0 Å². The van der Waals surface area contributed by atoms with Crippen molar-refractivity contribution < 1.29 is 14.2 Å². The van der Waals surface area contributed by atoms with Gasteiger partial charge in [-0.1, -0.05) is 6.07 Å². The van der Waals surface area contributed by atoms with E-state index in [2.05, 4.69) is 15.1 Å². The van der Waals surface area contributed by atoms with Gasteiger partial charge in [0.05, 0.1) is 18.2 Å². The van der Waals surface area contributed by atoms with Gasteiger partial charge in [0.1, 0.15) is 17.1 Å². The predicted octanol–water partition coefficient (Wildman–Crippen LogP) is 3.31. The third-order valence-corrected chi connectivity index (χ3v) is 3.85. The smallest absolute Gasteiger partial charge is 0.165 e. The van der Waals surface area contributed by atoms with Gasteiger partial charge in [0.25, 0.3) is 0 Å². The molecule has 1 N–H and O–H groups in total. The van der Waals surface area contributed by atoms with E-state index in [0.29, 0.717) is 28.5 Å². The second-order valence-corrected chi connectivity index (χ2v) is 5.29. The summed E-state index contributed by atoms with van der Waals surface area (Å²) < 4.78 is 20.7. The summed E-state index contributed by atoms with van der Waals surface area (Å²) in [7, 11) is 1.55. The van der Waals surface area contributed by atoms with Crippen LogP contribution in [-0.2, 0) is 0 Å². The lowest BCUT2D eigenvalue weighted by atomic mass is 10.2. The number of aromatic hydroxyl groups is 1. The van der Waals surface area contributed by atoms with Crippen molar-refractivity contribution in [3.05, 3.63) is 60.7 Å². The van der Waals surface area contributed by atoms with Crippen LogP contribution in [-0.4, -0.2) is 31.8 Å². The molecule has 4 rings (SSSR count). The number of phenols is 1. The van der Waals surface area contributed by atoms with Crippen molar-refractivity contribution in [1.82, 2.24) is 19.6 Å². The molecule has 0 saturated carbocycles. The van der Waals surface area contributed by atoms with Crippen LogP contribution >= 0.6 is 0 Å². The first kappa shape index (κ1) is 15.1. The molecule has 0 aliphatic rings. The lowest BCUT2D eigenvalue weighted by Gasteiger charge is -2.04. The molecule has 0 aliphatic heterocycles. The Balaban J connectivity index is 2.04. The molecule has 7 heteroatoms. The first-order valence-corrected chi connectivity index (χ1v) is 7.51. The maximum absolute atomic E-state index is 13.8. The van der Waals surface area contributed by atoms with Crippen molar-refractivity contribution in [2.45, 2.75) is 0 Å². The van der Waals surface area contributed by atoms with Crippen LogP contribution in [0.15, 0.2) is 54.9 Å². The molecule has 0 radical (unpaired) electrons. The van der Waals surface area contributed by atoms with E-state index in [9.17, 15) is 9.50 Å². The normalized spacial score (nSPS) is 11.0. The molecule has 4 aromatic rings. The molecule has 1 aromatic carbocycles. The Morgan fingerprint density at radius 1 is 1.04 bits per heavy atom. The Bertz CT molecular complexity index is 1080. The lowest BCUT2D eigenvalue weighted by molar-refractivity contribution is 0.414. The molecule has 0 saturated heterocycles. The van der Waals surface area contributed by atoms with Crippen LogP contribution in [0.2, 0.25) is 0 Å². The van der Waals surface area contributed by atoms with Crippen molar-refractivity contribution in [3.8, 4) is 34.3 Å². The minimum atomic E-state index is -0.720. The fraction of sp³-hybridized carbons (Fsp3) is 0.0556. The van der Waals surface area contributed by atoms with Gasteiger partial charge in [0.2, 0.25) is 0 Å². The Morgan fingerprint density at radius 2 is 1.88 bits per heavy atom. The average Bonchev–Trinajstić information content (AvgIpc) is 3.03. The summed E-state index contributed by atoms with van der Waals surface area (Å²) in [6.07, 6.45) is 3.23. The van der Waals surface area contributed by atoms with E-state index in [-0.39, 0.29) is 5.56 Å². The Hall–Kier alpha value is -3.48. The quantitative estimate of drug-likeness (QED) is 0.621. The first-order valence-electron chi connectivity index (χ1n) is 7.51. The summed E-state index contributed by atoms with van der Waals surface area (Å²) in [5, 5.41) is 14.4. The number of halogens is 1. The molecule has 0 unspecified atom stereocenters. The molecule has 124 valence electrons. The van der Waals surface area contributed by atoms with E-state index in [4.69, 9.17) is 4.74 Å². The van der Waals surface area contributed by atoms with Crippen LogP contribution in [0.5, 0.6) is 11.5 Å². The number of nitrogens with zero attached hydrogens (tertiary/aromatic N) is 4. The lowest BCUT2D eigenvalue weighted by Crippen LogP contribution is -1.94. The molecule has 6 nitrogen and oxygen atoms in total. The highest BCUT2D eigenvalue weighted by Gasteiger charge is 2.21. The van der Waals surface area contributed by atoms with Gasteiger partial charge >= 0.3 is 0 Å². The third kappa shape index (κ3) is 2.37. The number of rotatable bonds is 3. The molecule has 3 aromatic heterocycles. The van der Waals surface area contributed by atoms with Crippen molar-refractivity contribution in [2.24, 2.45) is 0 Å². The number of ether oxygens (including phenoxy) is 1. The van der Waals surface area contributed by atoms with Crippen molar-refractivity contribution >= 4 is 5.52 Å². The van der Waals surface area contributed by atoms with Gasteiger partial charge in [0, 0.05) is 12.4 Å². The third-order valence-electron chi connectivity index (χ3n) is 3.85.